The van der Waals surface area contributed by atoms with E-state index in [4.69, 9.17) is 9.47 Å². The summed E-state index contributed by atoms with van der Waals surface area (Å²) in [6.45, 7) is 2.23. The number of nitrogens with zero attached hydrogens (tertiary/aromatic N) is 1. The molecule has 1 aliphatic rings. The number of fused-ring (bicyclic) bond motifs is 1. The number of amides is 1. The van der Waals surface area contributed by atoms with Crippen molar-refractivity contribution in [2.75, 3.05) is 19.5 Å². The predicted molar refractivity (Wildman–Crippen MR) is 107 cm³/mol. The zero-order valence-electron chi connectivity index (χ0n) is 15.9. The van der Waals surface area contributed by atoms with Gasteiger partial charge in [-0.15, -0.1) is 11.3 Å². The lowest BCUT2D eigenvalue weighted by molar-refractivity contribution is -0.116. The smallest absolute Gasteiger partial charge is 0.225 e. The van der Waals surface area contributed by atoms with E-state index in [0.29, 0.717) is 40.8 Å². The zero-order valence-corrected chi connectivity index (χ0v) is 16.7. The van der Waals surface area contributed by atoms with Crippen LogP contribution in [0.2, 0.25) is 0 Å². The van der Waals surface area contributed by atoms with Gasteiger partial charge >= 0.3 is 0 Å². The third kappa shape index (κ3) is 4.25. The Kier molecular flexibility index (Phi) is 6.02. The van der Waals surface area contributed by atoms with Crippen molar-refractivity contribution >= 4 is 22.2 Å². The Morgan fingerprint density at radius 2 is 2.11 bits per heavy atom. The fraction of sp³-hybridized carbons (Fsp3) is 0.429. The van der Waals surface area contributed by atoms with Gasteiger partial charge in [-0.3, -0.25) is 4.79 Å². The number of carbonyl (C=O) groups is 1. The number of nitrogens with one attached hydrogen (secondary N) is 1. The molecule has 0 saturated heterocycles. The van der Waals surface area contributed by atoms with Gasteiger partial charge in [-0.25, -0.2) is 0 Å². The molecule has 27 heavy (non-hydrogen) atoms. The fourth-order valence-electron chi connectivity index (χ4n) is 3.44. The molecule has 6 heteroatoms. The van der Waals surface area contributed by atoms with Gasteiger partial charge in [-0.1, -0.05) is 13.0 Å². The van der Waals surface area contributed by atoms with Crippen LogP contribution in [0.5, 0.6) is 11.5 Å². The van der Waals surface area contributed by atoms with Crippen molar-refractivity contribution < 1.29 is 14.3 Å². The van der Waals surface area contributed by atoms with E-state index in [9.17, 15) is 10.1 Å². The molecule has 2 aromatic rings. The Morgan fingerprint density at radius 3 is 2.81 bits per heavy atom. The van der Waals surface area contributed by atoms with E-state index in [1.54, 1.807) is 25.6 Å². The van der Waals surface area contributed by atoms with Gasteiger partial charge in [0.15, 0.2) is 11.5 Å². The first-order valence-corrected chi connectivity index (χ1v) is 9.92. The maximum atomic E-state index is 12.4. The van der Waals surface area contributed by atoms with Crippen LogP contribution in [0.4, 0.5) is 5.00 Å². The SMILES string of the molecule is COc1ccc(CCC(=O)Nc2sc3c(c2C#N)CCC(C)C3)cc1OC. The number of ether oxygens (including phenoxy) is 2. The number of thiophene rings is 1. The molecule has 5 nitrogen and oxygen atoms in total. The summed E-state index contributed by atoms with van der Waals surface area (Å²) >= 11 is 1.56. The van der Waals surface area contributed by atoms with Gasteiger partial charge in [0, 0.05) is 11.3 Å². The molecular weight excluding hydrogens is 360 g/mol. The molecule has 0 bridgehead atoms. The summed E-state index contributed by atoms with van der Waals surface area (Å²) < 4.78 is 10.5. The molecular formula is C21H24N2O3S. The molecule has 0 saturated carbocycles. The highest BCUT2D eigenvalue weighted by molar-refractivity contribution is 7.16. The molecule has 1 aliphatic carbocycles. The lowest BCUT2D eigenvalue weighted by Gasteiger charge is -2.17. The summed E-state index contributed by atoms with van der Waals surface area (Å²) in [5.41, 5.74) is 2.79. The first-order chi connectivity index (χ1) is 13.0. The molecule has 0 spiro atoms. The van der Waals surface area contributed by atoms with Crippen molar-refractivity contribution in [2.24, 2.45) is 5.92 Å². The van der Waals surface area contributed by atoms with E-state index in [2.05, 4.69) is 18.3 Å². The van der Waals surface area contributed by atoms with Gasteiger partial charge < -0.3 is 14.8 Å². The minimum atomic E-state index is -0.0760. The zero-order chi connectivity index (χ0) is 19.4. The largest absolute Gasteiger partial charge is 0.493 e. The Bertz CT molecular complexity index is 882. The van der Waals surface area contributed by atoms with Crippen LogP contribution in [0.3, 0.4) is 0 Å². The first-order valence-electron chi connectivity index (χ1n) is 9.11. The molecule has 1 heterocycles. The van der Waals surface area contributed by atoms with Gasteiger partial charge in [0.1, 0.15) is 11.1 Å². The molecule has 1 N–H and O–H groups in total. The average Bonchev–Trinajstić information content (AvgIpc) is 3.01. The van der Waals surface area contributed by atoms with Crippen molar-refractivity contribution in [3.05, 3.63) is 39.8 Å². The Labute approximate surface area is 163 Å². The van der Waals surface area contributed by atoms with Crippen molar-refractivity contribution in [3.63, 3.8) is 0 Å². The van der Waals surface area contributed by atoms with Crippen molar-refractivity contribution in [2.45, 2.75) is 39.0 Å². The number of aryl methyl sites for hydroxylation is 1. The molecule has 0 aliphatic heterocycles. The van der Waals surface area contributed by atoms with E-state index < -0.39 is 0 Å². The summed E-state index contributed by atoms with van der Waals surface area (Å²) in [6.07, 6.45) is 3.97. The van der Waals surface area contributed by atoms with Crippen LogP contribution >= 0.6 is 11.3 Å². The van der Waals surface area contributed by atoms with Gasteiger partial charge in [0.25, 0.3) is 0 Å². The molecule has 1 aromatic heterocycles. The summed E-state index contributed by atoms with van der Waals surface area (Å²) in [7, 11) is 3.19. The van der Waals surface area contributed by atoms with Crippen LogP contribution in [0.25, 0.3) is 0 Å². The topological polar surface area (TPSA) is 71.3 Å². The Hall–Kier alpha value is -2.52. The van der Waals surface area contributed by atoms with E-state index in [-0.39, 0.29) is 5.91 Å². The molecule has 0 radical (unpaired) electrons. The standard InChI is InChI=1S/C21H24N2O3S/c1-13-4-7-15-16(12-22)21(27-19(15)10-13)23-20(24)9-6-14-5-8-17(25-2)18(11-14)26-3/h5,8,11,13H,4,6-7,9-10H2,1-3H3,(H,23,24). The molecule has 1 atom stereocenters. The summed E-state index contributed by atoms with van der Waals surface area (Å²) in [4.78, 5) is 13.7. The third-order valence-corrected chi connectivity index (χ3v) is 6.13. The Morgan fingerprint density at radius 1 is 1.33 bits per heavy atom. The first kappa shape index (κ1) is 19.2. The lowest BCUT2D eigenvalue weighted by Crippen LogP contribution is -2.12. The fourth-order valence-corrected chi connectivity index (χ4v) is 4.82. The number of hydrogen-bond donors (Lipinski definition) is 1. The van der Waals surface area contributed by atoms with E-state index in [0.717, 1.165) is 30.4 Å². The number of carbonyl (C=O) groups excluding carboxylic acids is 1. The van der Waals surface area contributed by atoms with Crippen molar-refractivity contribution in [1.82, 2.24) is 0 Å². The van der Waals surface area contributed by atoms with Gasteiger partial charge in [0.2, 0.25) is 5.91 Å². The summed E-state index contributed by atoms with van der Waals surface area (Å²) in [5.74, 6) is 1.88. The lowest BCUT2D eigenvalue weighted by atomic mass is 9.88. The number of nitriles is 1. The van der Waals surface area contributed by atoms with Crippen LogP contribution in [0.15, 0.2) is 18.2 Å². The maximum absolute atomic E-state index is 12.4. The normalized spacial score (nSPS) is 15.6. The number of benzene rings is 1. The molecule has 3 rings (SSSR count). The van der Waals surface area contributed by atoms with Crippen LogP contribution in [0.1, 0.15) is 41.3 Å². The monoisotopic (exact) mass is 384 g/mol. The number of rotatable bonds is 6. The number of anilines is 1. The van der Waals surface area contributed by atoms with Gasteiger partial charge in [0.05, 0.1) is 19.8 Å². The van der Waals surface area contributed by atoms with Crippen LogP contribution < -0.4 is 14.8 Å². The average molecular weight is 385 g/mol. The van der Waals surface area contributed by atoms with Crippen LogP contribution in [0, 0.1) is 17.2 Å². The minimum absolute atomic E-state index is 0.0760. The second-order valence-electron chi connectivity index (χ2n) is 6.91. The molecule has 142 valence electrons. The summed E-state index contributed by atoms with van der Waals surface area (Å²) in [6, 6.07) is 7.95. The highest BCUT2D eigenvalue weighted by Crippen LogP contribution is 2.39. The molecule has 1 amide bonds. The highest BCUT2D eigenvalue weighted by Gasteiger charge is 2.24. The summed E-state index contributed by atoms with van der Waals surface area (Å²) in [5, 5.41) is 13.2. The van der Waals surface area contributed by atoms with Crippen molar-refractivity contribution in [1.29, 1.82) is 5.26 Å². The second-order valence-corrected chi connectivity index (χ2v) is 8.01. The minimum Gasteiger partial charge on any atom is -0.493 e. The Balaban J connectivity index is 1.66. The molecule has 0 fully saturated rings. The van der Waals surface area contributed by atoms with Crippen molar-refractivity contribution in [3.8, 4) is 17.6 Å². The molecule has 1 aromatic carbocycles. The number of methoxy groups -OCH3 is 2. The maximum Gasteiger partial charge on any atom is 0.225 e. The predicted octanol–water partition coefficient (Wildman–Crippen LogP) is 4.33. The van der Waals surface area contributed by atoms with Crippen LogP contribution in [-0.4, -0.2) is 20.1 Å². The highest BCUT2D eigenvalue weighted by atomic mass is 32.1. The van der Waals surface area contributed by atoms with Crippen LogP contribution in [-0.2, 0) is 24.1 Å². The third-order valence-electron chi connectivity index (χ3n) is 4.97. The van der Waals surface area contributed by atoms with E-state index in [1.165, 1.54) is 4.88 Å². The van der Waals surface area contributed by atoms with Gasteiger partial charge in [-0.2, -0.15) is 5.26 Å². The van der Waals surface area contributed by atoms with E-state index >= 15 is 0 Å². The molecule has 1 unspecified atom stereocenters. The second kappa shape index (κ2) is 8.45. The number of hydrogen-bond acceptors (Lipinski definition) is 5. The van der Waals surface area contributed by atoms with Gasteiger partial charge in [-0.05, 0) is 54.9 Å². The quantitative estimate of drug-likeness (QED) is 0.804. The van der Waals surface area contributed by atoms with E-state index in [1.807, 2.05) is 18.2 Å².